The molecule has 5 heteroatoms. The van der Waals surface area contributed by atoms with E-state index in [-0.39, 0.29) is 23.7 Å². The van der Waals surface area contributed by atoms with Gasteiger partial charge in [-0.25, -0.2) is 4.39 Å². The highest BCUT2D eigenvalue weighted by Crippen LogP contribution is 2.43. The Morgan fingerprint density at radius 3 is 2.64 bits per heavy atom. The number of benzene rings is 1. The van der Waals surface area contributed by atoms with Crippen LogP contribution in [0.15, 0.2) is 48.8 Å². The summed E-state index contributed by atoms with van der Waals surface area (Å²) in [6.45, 7) is 3.98. The van der Waals surface area contributed by atoms with Gasteiger partial charge in [0.05, 0.1) is 5.56 Å². The minimum atomic E-state index is -0.208. The van der Waals surface area contributed by atoms with E-state index in [2.05, 4.69) is 14.8 Å². The lowest BCUT2D eigenvalue weighted by Crippen LogP contribution is -2.48. The molecular formula is C23H26FN3O. The summed E-state index contributed by atoms with van der Waals surface area (Å²) in [7, 11) is 0. The second-order valence-electron chi connectivity index (χ2n) is 8.58. The SMILES string of the molecule is O=C(c1cccnc1)N1C[C@H](c2ccc(F)cc2)[C@H]2CN(CC3CC3)CC[C@H]21. The summed E-state index contributed by atoms with van der Waals surface area (Å²) in [5, 5.41) is 0. The molecule has 0 radical (unpaired) electrons. The summed E-state index contributed by atoms with van der Waals surface area (Å²) in [4.78, 5) is 22.0. The van der Waals surface area contributed by atoms with Gasteiger partial charge in [0.15, 0.2) is 0 Å². The molecule has 146 valence electrons. The van der Waals surface area contributed by atoms with Crippen molar-refractivity contribution < 1.29 is 9.18 Å². The van der Waals surface area contributed by atoms with Crippen molar-refractivity contribution in [2.45, 2.75) is 31.2 Å². The Morgan fingerprint density at radius 2 is 1.93 bits per heavy atom. The zero-order valence-corrected chi connectivity index (χ0v) is 16.0. The van der Waals surface area contributed by atoms with E-state index in [9.17, 15) is 9.18 Å². The Balaban J connectivity index is 1.42. The second-order valence-corrected chi connectivity index (χ2v) is 8.58. The van der Waals surface area contributed by atoms with E-state index in [1.54, 1.807) is 24.5 Å². The molecule has 3 atom stereocenters. The van der Waals surface area contributed by atoms with Gasteiger partial charge in [-0.2, -0.15) is 0 Å². The van der Waals surface area contributed by atoms with Crippen molar-refractivity contribution in [3.05, 3.63) is 65.7 Å². The van der Waals surface area contributed by atoms with E-state index in [4.69, 9.17) is 0 Å². The molecule has 1 saturated carbocycles. The molecular weight excluding hydrogens is 353 g/mol. The molecule has 3 heterocycles. The lowest BCUT2D eigenvalue weighted by atomic mass is 9.81. The Morgan fingerprint density at radius 1 is 1.11 bits per heavy atom. The van der Waals surface area contributed by atoms with Crippen molar-refractivity contribution >= 4 is 5.91 Å². The number of likely N-dealkylation sites (tertiary alicyclic amines) is 2. The average Bonchev–Trinajstić information content (AvgIpc) is 3.47. The molecule has 0 N–H and O–H groups in total. The molecule has 4 nitrogen and oxygen atoms in total. The highest BCUT2D eigenvalue weighted by atomic mass is 19.1. The molecule has 1 aromatic heterocycles. The lowest BCUT2D eigenvalue weighted by molar-refractivity contribution is 0.0617. The van der Waals surface area contributed by atoms with Gasteiger partial charge in [0.2, 0.25) is 0 Å². The van der Waals surface area contributed by atoms with Gasteiger partial charge in [-0.15, -0.1) is 0 Å². The number of piperidine rings is 1. The van der Waals surface area contributed by atoms with Crippen molar-refractivity contribution in [3.8, 4) is 0 Å². The van der Waals surface area contributed by atoms with E-state index < -0.39 is 0 Å². The number of carbonyl (C=O) groups is 1. The van der Waals surface area contributed by atoms with Gasteiger partial charge >= 0.3 is 0 Å². The van der Waals surface area contributed by atoms with Crippen LogP contribution in [0, 0.1) is 17.7 Å². The van der Waals surface area contributed by atoms with E-state index in [1.807, 2.05) is 24.3 Å². The van der Waals surface area contributed by atoms with Crippen LogP contribution in [-0.4, -0.2) is 52.9 Å². The van der Waals surface area contributed by atoms with E-state index in [0.29, 0.717) is 18.0 Å². The Hall–Kier alpha value is -2.27. The van der Waals surface area contributed by atoms with Gasteiger partial charge in [-0.3, -0.25) is 9.78 Å². The summed E-state index contributed by atoms with van der Waals surface area (Å²) in [5.74, 6) is 1.39. The van der Waals surface area contributed by atoms with Crippen LogP contribution in [0.3, 0.4) is 0 Å². The number of nitrogens with zero attached hydrogens (tertiary/aromatic N) is 3. The Kier molecular flexibility index (Phi) is 4.63. The van der Waals surface area contributed by atoms with Crippen LogP contribution in [0.2, 0.25) is 0 Å². The fourth-order valence-electron chi connectivity index (χ4n) is 5.09. The van der Waals surface area contributed by atoms with Gasteiger partial charge in [-0.1, -0.05) is 12.1 Å². The maximum Gasteiger partial charge on any atom is 0.255 e. The minimum Gasteiger partial charge on any atom is -0.335 e. The number of halogens is 1. The minimum absolute atomic E-state index is 0.0726. The number of hydrogen-bond acceptors (Lipinski definition) is 3. The van der Waals surface area contributed by atoms with Crippen molar-refractivity contribution in [1.29, 1.82) is 0 Å². The quantitative estimate of drug-likeness (QED) is 0.815. The van der Waals surface area contributed by atoms with E-state index in [1.165, 1.54) is 19.4 Å². The molecule has 3 fully saturated rings. The number of rotatable bonds is 4. The first-order valence-corrected chi connectivity index (χ1v) is 10.4. The van der Waals surface area contributed by atoms with Gasteiger partial charge in [0.1, 0.15) is 5.82 Å². The maximum atomic E-state index is 13.5. The average molecular weight is 379 g/mol. The molecule has 5 rings (SSSR count). The number of hydrogen-bond donors (Lipinski definition) is 0. The molecule has 2 aliphatic heterocycles. The zero-order valence-electron chi connectivity index (χ0n) is 16.0. The molecule has 1 aromatic carbocycles. The van der Waals surface area contributed by atoms with Crippen molar-refractivity contribution in [3.63, 3.8) is 0 Å². The molecule has 2 aromatic rings. The summed E-state index contributed by atoms with van der Waals surface area (Å²) in [5.41, 5.74) is 1.80. The van der Waals surface area contributed by atoms with Crippen LogP contribution in [0.4, 0.5) is 4.39 Å². The first kappa shape index (κ1) is 17.8. The highest BCUT2D eigenvalue weighted by molar-refractivity contribution is 5.94. The Labute approximate surface area is 165 Å². The molecule has 0 bridgehead atoms. The standard InChI is InChI=1S/C23H26FN3O/c24-19-7-5-17(6-8-19)20-15-27(23(28)18-2-1-10-25-12-18)22-9-11-26(14-21(20)22)13-16-3-4-16/h1-2,5-8,10,12,16,20-22H,3-4,9,11,13-15H2/t20-,21-,22-/m1/s1. The first-order valence-electron chi connectivity index (χ1n) is 10.4. The van der Waals surface area contributed by atoms with Crippen LogP contribution in [0.1, 0.15) is 41.1 Å². The molecule has 0 spiro atoms. The fourth-order valence-corrected chi connectivity index (χ4v) is 5.09. The summed E-state index contributed by atoms with van der Waals surface area (Å²) >= 11 is 0. The van der Waals surface area contributed by atoms with Crippen LogP contribution in [0.5, 0.6) is 0 Å². The number of fused-ring (bicyclic) bond motifs is 1. The number of pyridine rings is 1. The predicted octanol–water partition coefficient (Wildman–Crippen LogP) is 3.56. The monoisotopic (exact) mass is 379 g/mol. The summed E-state index contributed by atoms with van der Waals surface area (Å²) < 4.78 is 13.5. The predicted molar refractivity (Wildman–Crippen MR) is 105 cm³/mol. The van der Waals surface area contributed by atoms with Crippen molar-refractivity contribution in [2.24, 2.45) is 11.8 Å². The molecule has 0 unspecified atom stereocenters. The molecule has 28 heavy (non-hydrogen) atoms. The molecule has 2 saturated heterocycles. The zero-order chi connectivity index (χ0) is 19.1. The van der Waals surface area contributed by atoms with Crippen LogP contribution in [-0.2, 0) is 0 Å². The van der Waals surface area contributed by atoms with Crippen LogP contribution >= 0.6 is 0 Å². The summed E-state index contributed by atoms with van der Waals surface area (Å²) in [6.07, 6.45) is 7.09. The first-order chi connectivity index (χ1) is 13.7. The smallest absolute Gasteiger partial charge is 0.255 e. The van der Waals surface area contributed by atoms with Gasteiger partial charge in [0.25, 0.3) is 5.91 Å². The summed E-state index contributed by atoms with van der Waals surface area (Å²) in [6, 6.07) is 10.8. The molecule has 1 amide bonds. The molecule has 3 aliphatic rings. The third-order valence-corrected chi connectivity index (χ3v) is 6.70. The Bertz CT molecular complexity index is 837. The topological polar surface area (TPSA) is 36.4 Å². The number of aromatic nitrogens is 1. The highest BCUT2D eigenvalue weighted by Gasteiger charge is 2.47. The van der Waals surface area contributed by atoms with Gasteiger partial charge < -0.3 is 9.80 Å². The fraction of sp³-hybridized carbons (Fsp3) is 0.478. The second kappa shape index (κ2) is 7.28. The van der Waals surface area contributed by atoms with Gasteiger partial charge in [-0.05, 0) is 55.0 Å². The van der Waals surface area contributed by atoms with Crippen molar-refractivity contribution in [2.75, 3.05) is 26.2 Å². The number of carbonyl (C=O) groups excluding carboxylic acids is 1. The van der Waals surface area contributed by atoms with Crippen LogP contribution in [0.25, 0.3) is 0 Å². The molecule has 1 aliphatic carbocycles. The van der Waals surface area contributed by atoms with Crippen molar-refractivity contribution in [1.82, 2.24) is 14.8 Å². The largest absolute Gasteiger partial charge is 0.335 e. The maximum absolute atomic E-state index is 13.5. The van der Waals surface area contributed by atoms with E-state index in [0.717, 1.165) is 31.0 Å². The van der Waals surface area contributed by atoms with Crippen LogP contribution < -0.4 is 0 Å². The third-order valence-electron chi connectivity index (χ3n) is 6.70. The van der Waals surface area contributed by atoms with E-state index >= 15 is 0 Å². The normalized spacial score (nSPS) is 27.6. The third kappa shape index (κ3) is 3.44. The van der Waals surface area contributed by atoms with Gasteiger partial charge in [0, 0.05) is 56.5 Å². The number of amides is 1. The lowest BCUT2D eigenvalue weighted by Gasteiger charge is -2.39.